The summed E-state index contributed by atoms with van der Waals surface area (Å²) in [6.07, 6.45) is -3.32. The monoisotopic (exact) mass is 247 g/mol. The molecule has 1 saturated heterocycles. The van der Waals surface area contributed by atoms with Gasteiger partial charge >= 0.3 is 12.1 Å². The van der Waals surface area contributed by atoms with Crippen LogP contribution in [-0.2, 0) is 16.0 Å². The van der Waals surface area contributed by atoms with Crippen molar-refractivity contribution in [2.75, 3.05) is 25.1 Å². The van der Waals surface area contributed by atoms with E-state index in [1.807, 2.05) is 0 Å². The molecule has 0 aliphatic carbocycles. The van der Waals surface area contributed by atoms with Crippen molar-refractivity contribution in [1.82, 2.24) is 5.32 Å². The molecule has 1 atom stereocenters. The molecule has 0 aromatic rings. The Labute approximate surface area is 88.0 Å². The molecular formula is C7H12F3NO3S. The Morgan fingerprint density at radius 2 is 2.00 bits per heavy atom. The van der Waals surface area contributed by atoms with E-state index >= 15 is 0 Å². The van der Waals surface area contributed by atoms with Crippen LogP contribution in [0.1, 0.15) is 0 Å². The van der Waals surface area contributed by atoms with Crippen LogP contribution in [0.5, 0.6) is 0 Å². The number of hydrogen-bond acceptors (Lipinski definition) is 3. The Kier molecular flexibility index (Phi) is 5.99. The fraction of sp³-hybridized carbons (Fsp3) is 0.857. The smallest absolute Gasteiger partial charge is 0.490 e. The van der Waals surface area contributed by atoms with Gasteiger partial charge in [0.05, 0.1) is 6.26 Å². The van der Waals surface area contributed by atoms with E-state index in [4.69, 9.17) is 9.90 Å². The highest BCUT2D eigenvalue weighted by atomic mass is 32.2. The first-order valence-electron chi connectivity index (χ1n) is 4.04. The van der Waals surface area contributed by atoms with Crippen molar-refractivity contribution in [2.24, 2.45) is 5.92 Å². The van der Waals surface area contributed by atoms with Gasteiger partial charge < -0.3 is 15.0 Å². The van der Waals surface area contributed by atoms with Crippen molar-refractivity contribution in [2.45, 2.75) is 6.18 Å². The maximum absolute atomic E-state index is 10.6. The quantitative estimate of drug-likeness (QED) is 0.685. The van der Waals surface area contributed by atoms with E-state index in [0.29, 0.717) is 5.92 Å². The number of alkyl halides is 3. The maximum Gasteiger partial charge on any atom is 0.490 e. The third-order valence-corrected chi connectivity index (χ3v) is 2.52. The van der Waals surface area contributed by atoms with E-state index in [9.17, 15) is 17.7 Å². The summed E-state index contributed by atoms with van der Waals surface area (Å²) in [5, 5.41) is 10.3. The molecule has 15 heavy (non-hydrogen) atoms. The lowest BCUT2D eigenvalue weighted by Crippen LogP contribution is -2.45. The molecule has 0 amide bonds. The average Bonchev–Trinajstić information content (AvgIpc) is 1.96. The molecule has 1 aliphatic rings. The highest BCUT2D eigenvalue weighted by Gasteiger charge is 2.38. The Bertz CT molecular complexity index is 206. The molecule has 0 radical (unpaired) electrons. The molecule has 0 aromatic heterocycles. The predicted octanol–water partition coefficient (Wildman–Crippen LogP) is 0.218. The van der Waals surface area contributed by atoms with Gasteiger partial charge in [0.1, 0.15) is 5.75 Å². The highest BCUT2D eigenvalue weighted by molar-refractivity contribution is 7.90. The van der Waals surface area contributed by atoms with Crippen LogP contribution in [0.15, 0.2) is 0 Å². The van der Waals surface area contributed by atoms with Crippen LogP contribution in [0.2, 0.25) is 0 Å². The molecule has 8 heteroatoms. The number of carbonyl (C=O) groups is 1. The van der Waals surface area contributed by atoms with Crippen LogP contribution in [0.3, 0.4) is 0 Å². The van der Waals surface area contributed by atoms with Gasteiger partial charge in [-0.3, -0.25) is 0 Å². The summed E-state index contributed by atoms with van der Waals surface area (Å²) in [6.45, 7) is 2.14. The Balaban J connectivity index is 0.000000265. The summed E-state index contributed by atoms with van der Waals surface area (Å²) in [6, 6.07) is 0. The van der Waals surface area contributed by atoms with Gasteiger partial charge in [0.25, 0.3) is 0 Å². The molecule has 0 bridgehead atoms. The number of nitrogens with one attached hydrogen (secondary N) is 1. The maximum atomic E-state index is 10.6. The number of aliphatic carboxylic acids is 1. The van der Waals surface area contributed by atoms with Crippen LogP contribution in [-0.4, -0.2) is 46.9 Å². The van der Waals surface area contributed by atoms with Gasteiger partial charge in [-0.2, -0.15) is 13.2 Å². The van der Waals surface area contributed by atoms with E-state index in [1.54, 1.807) is 6.26 Å². The molecule has 0 spiro atoms. The van der Waals surface area contributed by atoms with Gasteiger partial charge in [0, 0.05) is 19.0 Å². The zero-order valence-electron chi connectivity index (χ0n) is 8.00. The van der Waals surface area contributed by atoms with E-state index in [1.165, 1.54) is 0 Å². The van der Waals surface area contributed by atoms with Gasteiger partial charge in [-0.15, -0.1) is 0 Å². The molecule has 1 fully saturated rings. The fourth-order valence-corrected chi connectivity index (χ4v) is 1.70. The van der Waals surface area contributed by atoms with Crippen molar-refractivity contribution in [3.8, 4) is 0 Å². The first kappa shape index (κ1) is 14.5. The predicted molar refractivity (Wildman–Crippen MR) is 49.0 cm³/mol. The van der Waals surface area contributed by atoms with E-state index < -0.39 is 23.3 Å². The SMILES string of the molecule is C[S+]([O-])CC1CNC1.O=C(O)C(F)(F)F. The Morgan fingerprint density at radius 1 is 1.60 bits per heavy atom. The minimum atomic E-state index is -5.08. The van der Waals surface area contributed by atoms with Gasteiger partial charge in [-0.1, -0.05) is 11.2 Å². The van der Waals surface area contributed by atoms with Crippen LogP contribution in [0, 0.1) is 5.92 Å². The lowest BCUT2D eigenvalue weighted by atomic mass is 10.1. The van der Waals surface area contributed by atoms with Gasteiger partial charge in [0.15, 0.2) is 0 Å². The minimum Gasteiger partial charge on any atom is -0.617 e. The highest BCUT2D eigenvalue weighted by Crippen LogP contribution is 2.13. The topological polar surface area (TPSA) is 72.4 Å². The zero-order valence-corrected chi connectivity index (χ0v) is 8.82. The number of rotatable bonds is 2. The van der Waals surface area contributed by atoms with Crippen molar-refractivity contribution in [3.05, 3.63) is 0 Å². The van der Waals surface area contributed by atoms with Crippen LogP contribution in [0.25, 0.3) is 0 Å². The lowest BCUT2D eigenvalue weighted by molar-refractivity contribution is -0.192. The Morgan fingerprint density at radius 3 is 2.07 bits per heavy atom. The van der Waals surface area contributed by atoms with Crippen LogP contribution < -0.4 is 5.32 Å². The summed E-state index contributed by atoms with van der Waals surface area (Å²) in [5.41, 5.74) is 0. The molecule has 1 unspecified atom stereocenters. The molecular weight excluding hydrogens is 235 g/mol. The zero-order chi connectivity index (χ0) is 12.1. The summed E-state index contributed by atoms with van der Waals surface area (Å²) in [4.78, 5) is 8.90. The number of hydrogen-bond donors (Lipinski definition) is 2. The standard InChI is InChI=1S/C5H11NOS.C2HF3O2/c1-8(7)4-5-2-6-3-5;3-2(4,5)1(6)7/h5-6H,2-4H2,1H3;(H,6,7). The number of carboxylic acid groups (broad SMARTS) is 1. The van der Waals surface area contributed by atoms with Crippen molar-refractivity contribution < 1.29 is 27.6 Å². The second-order valence-electron chi connectivity index (χ2n) is 3.07. The molecule has 1 aliphatic heterocycles. The summed E-state index contributed by atoms with van der Waals surface area (Å²) < 4.78 is 42.3. The van der Waals surface area contributed by atoms with Crippen LogP contribution in [0.4, 0.5) is 13.2 Å². The molecule has 0 aromatic carbocycles. The van der Waals surface area contributed by atoms with E-state index in [-0.39, 0.29) is 0 Å². The molecule has 1 rings (SSSR count). The van der Waals surface area contributed by atoms with E-state index in [0.717, 1.165) is 18.8 Å². The van der Waals surface area contributed by atoms with Crippen LogP contribution >= 0.6 is 0 Å². The third-order valence-electron chi connectivity index (χ3n) is 1.58. The average molecular weight is 247 g/mol. The van der Waals surface area contributed by atoms with Crippen molar-refractivity contribution >= 4 is 17.1 Å². The second-order valence-corrected chi connectivity index (χ2v) is 4.55. The Hall–Kier alpha value is -0.470. The third kappa shape index (κ3) is 7.46. The molecule has 2 N–H and O–H groups in total. The molecule has 0 saturated carbocycles. The number of carboxylic acids is 1. The lowest BCUT2D eigenvalue weighted by Gasteiger charge is -2.26. The first-order chi connectivity index (χ1) is 6.73. The fourth-order valence-electron chi connectivity index (χ4n) is 0.798. The molecule has 90 valence electrons. The van der Waals surface area contributed by atoms with Gasteiger partial charge in [-0.25, -0.2) is 4.79 Å². The van der Waals surface area contributed by atoms with Gasteiger partial charge in [0.2, 0.25) is 0 Å². The minimum absolute atomic E-state index is 0.584. The molecule has 1 heterocycles. The largest absolute Gasteiger partial charge is 0.617 e. The normalized spacial score (nSPS) is 18.5. The van der Waals surface area contributed by atoms with E-state index in [2.05, 4.69) is 5.32 Å². The summed E-state index contributed by atoms with van der Waals surface area (Å²) >= 11 is -0.584. The van der Waals surface area contributed by atoms with Gasteiger partial charge in [-0.05, 0) is 0 Å². The number of halogens is 3. The summed E-state index contributed by atoms with van der Waals surface area (Å²) in [5.74, 6) is -1.18. The van der Waals surface area contributed by atoms with Crippen molar-refractivity contribution in [3.63, 3.8) is 0 Å². The first-order valence-corrected chi connectivity index (χ1v) is 5.77. The van der Waals surface area contributed by atoms with Crippen molar-refractivity contribution in [1.29, 1.82) is 0 Å². The second kappa shape index (κ2) is 6.19. The molecule has 4 nitrogen and oxygen atoms in total. The summed E-state index contributed by atoms with van der Waals surface area (Å²) in [7, 11) is 0.